The van der Waals surface area contributed by atoms with Crippen LogP contribution in [0.15, 0.2) is 0 Å². The van der Waals surface area contributed by atoms with E-state index in [0.717, 1.165) is 0 Å². The van der Waals surface area contributed by atoms with Crippen LogP contribution in [0.4, 0.5) is 0 Å². The number of carbonyl (C=O) groups is 1. The van der Waals surface area contributed by atoms with E-state index < -0.39 is 11.5 Å². The number of carboxylic acid groups (broad SMARTS) is 1. The Morgan fingerprint density at radius 3 is 2.39 bits per heavy atom. The van der Waals surface area contributed by atoms with Crippen LogP contribution >= 0.6 is 0 Å². The average Bonchev–Trinajstić information content (AvgIpc) is 2.26. The van der Waals surface area contributed by atoms with Crippen LogP contribution < -0.4 is 5.32 Å². The lowest BCUT2D eigenvalue weighted by Gasteiger charge is -2.30. The van der Waals surface area contributed by atoms with E-state index in [1.165, 1.54) is 0 Å². The Hall–Kier alpha value is -0.650. The molecule has 0 spiro atoms. The van der Waals surface area contributed by atoms with E-state index >= 15 is 0 Å². The van der Waals surface area contributed by atoms with Gasteiger partial charge in [0.05, 0.1) is 18.8 Å². The van der Waals surface area contributed by atoms with Gasteiger partial charge in [-0.15, -0.1) is 0 Å². The highest BCUT2D eigenvalue weighted by molar-refractivity contribution is 5.78. The number of ether oxygens (including phenoxy) is 2. The first kappa shape index (κ1) is 17.4. The first-order chi connectivity index (χ1) is 8.35. The molecular weight excluding hydrogens is 234 g/mol. The van der Waals surface area contributed by atoms with Crippen molar-refractivity contribution in [2.24, 2.45) is 0 Å². The standard InChI is InChI=1S/C13H27NO4/c1-6-14-13(5,12(15)16)8-10(3)18-11(4)9-17-7-2/h10-11,14H,6-9H2,1-5H3,(H,15,16). The van der Waals surface area contributed by atoms with Crippen molar-refractivity contribution in [3.05, 3.63) is 0 Å². The van der Waals surface area contributed by atoms with E-state index in [0.29, 0.717) is 26.2 Å². The predicted molar refractivity (Wildman–Crippen MR) is 70.8 cm³/mol. The van der Waals surface area contributed by atoms with Gasteiger partial charge in [0.25, 0.3) is 0 Å². The van der Waals surface area contributed by atoms with Crippen LogP contribution in [-0.4, -0.2) is 48.6 Å². The lowest BCUT2D eigenvalue weighted by Crippen LogP contribution is -2.51. The topological polar surface area (TPSA) is 67.8 Å². The summed E-state index contributed by atoms with van der Waals surface area (Å²) in [5.41, 5.74) is -0.945. The van der Waals surface area contributed by atoms with E-state index in [1.54, 1.807) is 6.92 Å². The molecular formula is C13H27NO4. The van der Waals surface area contributed by atoms with Crippen LogP contribution in [0.3, 0.4) is 0 Å². The Bertz CT molecular complexity index is 247. The molecule has 0 aromatic heterocycles. The van der Waals surface area contributed by atoms with Gasteiger partial charge in [-0.3, -0.25) is 4.79 Å². The summed E-state index contributed by atoms with van der Waals surface area (Å²) in [6.45, 7) is 11.1. The average molecular weight is 261 g/mol. The first-order valence-electron chi connectivity index (χ1n) is 6.57. The zero-order valence-electron chi connectivity index (χ0n) is 12.2. The van der Waals surface area contributed by atoms with Gasteiger partial charge in [0.15, 0.2) is 0 Å². The second-order valence-electron chi connectivity index (χ2n) is 4.79. The number of carboxylic acids is 1. The third-order valence-electron chi connectivity index (χ3n) is 2.76. The summed E-state index contributed by atoms with van der Waals surface area (Å²) in [5, 5.41) is 12.2. The molecule has 5 nitrogen and oxygen atoms in total. The highest BCUT2D eigenvalue weighted by Crippen LogP contribution is 2.16. The van der Waals surface area contributed by atoms with Crippen LogP contribution in [0, 0.1) is 0 Å². The number of rotatable bonds is 10. The predicted octanol–water partition coefficient (Wildman–Crippen LogP) is 1.66. The molecule has 3 unspecified atom stereocenters. The third kappa shape index (κ3) is 6.33. The summed E-state index contributed by atoms with van der Waals surface area (Å²) in [4.78, 5) is 11.3. The quantitative estimate of drug-likeness (QED) is 0.626. The molecule has 0 aromatic rings. The van der Waals surface area contributed by atoms with Crippen molar-refractivity contribution in [3.8, 4) is 0 Å². The Labute approximate surface area is 110 Å². The van der Waals surface area contributed by atoms with Gasteiger partial charge in [0.1, 0.15) is 5.54 Å². The van der Waals surface area contributed by atoms with Crippen molar-refractivity contribution in [2.75, 3.05) is 19.8 Å². The minimum atomic E-state index is -0.945. The summed E-state index contributed by atoms with van der Waals surface area (Å²) in [5.74, 6) is -0.850. The molecule has 18 heavy (non-hydrogen) atoms. The van der Waals surface area contributed by atoms with Gasteiger partial charge in [-0.25, -0.2) is 0 Å². The molecule has 2 N–H and O–H groups in total. The Morgan fingerprint density at radius 2 is 1.94 bits per heavy atom. The zero-order valence-corrected chi connectivity index (χ0v) is 12.2. The Morgan fingerprint density at radius 1 is 1.33 bits per heavy atom. The summed E-state index contributed by atoms with van der Waals surface area (Å²) in [6, 6.07) is 0. The second kappa shape index (κ2) is 8.45. The smallest absolute Gasteiger partial charge is 0.323 e. The fourth-order valence-electron chi connectivity index (χ4n) is 1.97. The van der Waals surface area contributed by atoms with Gasteiger partial charge >= 0.3 is 5.97 Å². The van der Waals surface area contributed by atoms with Crippen LogP contribution in [0.25, 0.3) is 0 Å². The molecule has 0 amide bonds. The second-order valence-corrected chi connectivity index (χ2v) is 4.79. The van der Waals surface area contributed by atoms with E-state index in [1.807, 2.05) is 27.7 Å². The van der Waals surface area contributed by atoms with Crippen molar-refractivity contribution < 1.29 is 19.4 Å². The van der Waals surface area contributed by atoms with E-state index in [4.69, 9.17) is 9.47 Å². The largest absolute Gasteiger partial charge is 0.480 e. The normalized spacial score (nSPS) is 18.1. The lowest BCUT2D eigenvalue weighted by molar-refractivity contribution is -0.146. The summed E-state index contributed by atoms with van der Waals surface area (Å²) < 4.78 is 11.0. The molecule has 0 aliphatic carbocycles. The first-order valence-corrected chi connectivity index (χ1v) is 6.57. The zero-order chi connectivity index (χ0) is 14.2. The van der Waals surface area contributed by atoms with Crippen molar-refractivity contribution in [1.82, 2.24) is 5.32 Å². The summed E-state index contributed by atoms with van der Waals surface area (Å²) >= 11 is 0. The van der Waals surface area contributed by atoms with Gasteiger partial charge in [-0.1, -0.05) is 6.92 Å². The molecule has 3 atom stereocenters. The summed E-state index contributed by atoms with van der Waals surface area (Å²) in [7, 11) is 0. The number of hydrogen-bond donors (Lipinski definition) is 2. The van der Waals surface area contributed by atoms with Crippen LogP contribution in [0.2, 0.25) is 0 Å². The third-order valence-corrected chi connectivity index (χ3v) is 2.76. The van der Waals surface area contributed by atoms with Gasteiger partial charge in [0, 0.05) is 13.0 Å². The maximum absolute atomic E-state index is 11.3. The van der Waals surface area contributed by atoms with Gasteiger partial charge in [0.2, 0.25) is 0 Å². The fraction of sp³-hybridized carbons (Fsp3) is 0.923. The van der Waals surface area contributed by atoms with Gasteiger partial charge < -0.3 is 19.9 Å². The molecule has 0 heterocycles. The molecule has 0 saturated heterocycles. The van der Waals surface area contributed by atoms with Crippen LogP contribution in [0.5, 0.6) is 0 Å². The molecule has 0 bridgehead atoms. The number of hydrogen-bond acceptors (Lipinski definition) is 4. The molecule has 0 saturated carbocycles. The van der Waals surface area contributed by atoms with E-state index in [-0.39, 0.29) is 12.2 Å². The molecule has 0 aliphatic heterocycles. The molecule has 0 rings (SSSR count). The van der Waals surface area contributed by atoms with Gasteiger partial charge in [-0.2, -0.15) is 0 Å². The molecule has 0 aliphatic rings. The number of aliphatic carboxylic acids is 1. The van der Waals surface area contributed by atoms with Gasteiger partial charge in [-0.05, 0) is 34.2 Å². The van der Waals surface area contributed by atoms with Crippen molar-refractivity contribution in [1.29, 1.82) is 0 Å². The van der Waals surface area contributed by atoms with E-state index in [9.17, 15) is 9.90 Å². The van der Waals surface area contributed by atoms with Crippen LogP contribution in [0.1, 0.15) is 41.0 Å². The van der Waals surface area contributed by atoms with Crippen LogP contribution in [-0.2, 0) is 14.3 Å². The maximum Gasteiger partial charge on any atom is 0.323 e. The minimum Gasteiger partial charge on any atom is -0.480 e. The molecule has 5 heteroatoms. The minimum absolute atomic E-state index is 0.0281. The molecule has 0 aromatic carbocycles. The highest BCUT2D eigenvalue weighted by atomic mass is 16.5. The van der Waals surface area contributed by atoms with Crippen molar-refractivity contribution >= 4 is 5.97 Å². The molecule has 0 radical (unpaired) electrons. The Kier molecular flexibility index (Phi) is 8.15. The number of nitrogens with one attached hydrogen (secondary N) is 1. The maximum atomic E-state index is 11.3. The molecule has 108 valence electrons. The highest BCUT2D eigenvalue weighted by Gasteiger charge is 2.34. The van der Waals surface area contributed by atoms with E-state index in [2.05, 4.69) is 5.32 Å². The Balaban J connectivity index is 4.25. The van der Waals surface area contributed by atoms with Crippen molar-refractivity contribution in [3.63, 3.8) is 0 Å². The van der Waals surface area contributed by atoms with Crippen molar-refractivity contribution in [2.45, 2.75) is 58.8 Å². The SMILES string of the molecule is CCNC(C)(CC(C)OC(C)COCC)C(=O)O. The monoisotopic (exact) mass is 261 g/mol. The number of likely N-dealkylation sites (N-methyl/N-ethyl adjacent to an activating group) is 1. The summed E-state index contributed by atoms with van der Waals surface area (Å²) in [6.07, 6.45) is 0.257. The lowest BCUT2D eigenvalue weighted by atomic mass is 9.95. The molecule has 0 fully saturated rings. The fourth-order valence-corrected chi connectivity index (χ4v) is 1.97.